The van der Waals surface area contributed by atoms with E-state index in [1.807, 2.05) is 0 Å². The molecule has 1 aliphatic rings. The van der Waals surface area contributed by atoms with Gasteiger partial charge in [0, 0.05) is 13.5 Å². The summed E-state index contributed by atoms with van der Waals surface area (Å²) in [5, 5.41) is 16.2. The Kier molecular flexibility index (Phi) is 3.70. The number of esters is 1. The number of nitrogens with two attached hydrogens (primary N) is 1. The molecule has 1 amide bonds. The molecule has 2 atom stereocenters. The Morgan fingerprint density at radius 3 is 2.62 bits per heavy atom. The average Bonchev–Trinajstić information content (AvgIpc) is 2.15. The molecule has 0 radical (unpaired) electrons. The van der Waals surface area contributed by atoms with Gasteiger partial charge in [0.25, 0.3) is 0 Å². The zero-order valence-corrected chi connectivity index (χ0v) is 8.97. The third-order valence-electron chi connectivity index (χ3n) is 2.55. The molecule has 0 aliphatic carbocycles. The molecule has 7 nitrogen and oxygen atoms in total. The van der Waals surface area contributed by atoms with Crippen LogP contribution in [0.15, 0.2) is 0 Å². The van der Waals surface area contributed by atoms with Crippen molar-refractivity contribution in [3.63, 3.8) is 0 Å². The summed E-state index contributed by atoms with van der Waals surface area (Å²) in [6, 6.07) is 0. The maximum absolute atomic E-state index is 10.9. The van der Waals surface area contributed by atoms with Crippen molar-refractivity contribution in [2.75, 3.05) is 13.1 Å². The fourth-order valence-electron chi connectivity index (χ4n) is 1.78. The van der Waals surface area contributed by atoms with Gasteiger partial charge in [0.15, 0.2) is 0 Å². The number of likely N-dealkylation sites (tertiary alicyclic amines) is 1. The fourth-order valence-corrected chi connectivity index (χ4v) is 1.78. The molecule has 0 aromatic carbocycles. The predicted molar refractivity (Wildman–Crippen MR) is 55.2 cm³/mol. The second-order valence-electron chi connectivity index (χ2n) is 3.73. The number of hydrogen-bond acceptors (Lipinski definition) is 4. The van der Waals surface area contributed by atoms with Gasteiger partial charge in [-0.3, -0.25) is 10.2 Å². The van der Waals surface area contributed by atoms with Gasteiger partial charge in [-0.05, 0) is 6.42 Å². The smallest absolute Gasteiger partial charge is 0.407 e. The third kappa shape index (κ3) is 2.85. The van der Waals surface area contributed by atoms with E-state index in [0.29, 0.717) is 13.0 Å². The molecule has 4 N–H and O–H groups in total. The van der Waals surface area contributed by atoms with Gasteiger partial charge in [-0.25, -0.2) is 4.79 Å². The van der Waals surface area contributed by atoms with Gasteiger partial charge in [0.2, 0.25) is 0 Å². The number of carbonyl (C=O) groups excluding carboxylic acids is 1. The lowest BCUT2D eigenvalue weighted by molar-refractivity contribution is -0.150. The molecule has 1 rings (SSSR count). The van der Waals surface area contributed by atoms with E-state index >= 15 is 0 Å². The van der Waals surface area contributed by atoms with Crippen LogP contribution in [-0.4, -0.2) is 47.1 Å². The summed E-state index contributed by atoms with van der Waals surface area (Å²) in [6.45, 7) is 1.62. The Labute approximate surface area is 92.7 Å². The first-order chi connectivity index (χ1) is 7.41. The number of carboxylic acid groups (broad SMARTS) is 1. The van der Waals surface area contributed by atoms with Crippen LogP contribution in [0.25, 0.3) is 0 Å². The predicted octanol–water partition coefficient (Wildman–Crippen LogP) is -0.146. The van der Waals surface area contributed by atoms with Crippen LogP contribution >= 0.6 is 0 Å². The molecule has 0 bridgehead atoms. The first-order valence-corrected chi connectivity index (χ1v) is 4.90. The maximum Gasteiger partial charge on any atom is 0.407 e. The first kappa shape index (κ1) is 12.3. The van der Waals surface area contributed by atoms with Gasteiger partial charge in [-0.2, -0.15) is 0 Å². The van der Waals surface area contributed by atoms with Crippen LogP contribution in [-0.2, 0) is 9.53 Å². The molecular formula is C9H15N3O4. The minimum Gasteiger partial charge on any atom is -0.465 e. The SMILES string of the molecule is CC(=O)OC1CN(C(=O)O)CCC1C(=N)N. The molecule has 1 heterocycles. The summed E-state index contributed by atoms with van der Waals surface area (Å²) in [5.41, 5.74) is 5.38. The second kappa shape index (κ2) is 4.82. The van der Waals surface area contributed by atoms with Crippen LogP contribution in [0.1, 0.15) is 13.3 Å². The van der Waals surface area contributed by atoms with Gasteiger partial charge in [0.1, 0.15) is 6.10 Å². The van der Waals surface area contributed by atoms with E-state index in [1.54, 1.807) is 0 Å². The van der Waals surface area contributed by atoms with Gasteiger partial charge >= 0.3 is 12.1 Å². The molecular weight excluding hydrogens is 214 g/mol. The minimum atomic E-state index is -1.06. The summed E-state index contributed by atoms with van der Waals surface area (Å²) in [5.74, 6) is -0.959. The lowest BCUT2D eigenvalue weighted by atomic mass is 9.93. The van der Waals surface area contributed by atoms with Crippen molar-refractivity contribution in [2.24, 2.45) is 11.7 Å². The first-order valence-electron chi connectivity index (χ1n) is 4.90. The van der Waals surface area contributed by atoms with Crippen LogP contribution in [0.2, 0.25) is 0 Å². The number of carbonyl (C=O) groups is 2. The highest BCUT2D eigenvalue weighted by atomic mass is 16.5. The van der Waals surface area contributed by atoms with E-state index in [2.05, 4.69) is 0 Å². The van der Waals surface area contributed by atoms with Crippen molar-refractivity contribution in [3.8, 4) is 0 Å². The summed E-state index contributed by atoms with van der Waals surface area (Å²) in [6.07, 6.45) is -1.31. The summed E-state index contributed by atoms with van der Waals surface area (Å²) in [4.78, 5) is 22.8. The Morgan fingerprint density at radius 2 is 2.19 bits per heavy atom. The zero-order valence-electron chi connectivity index (χ0n) is 8.97. The lowest BCUT2D eigenvalue weighted by Crippen LogP contribution is -2.51. The number of ether oxygens (including phenoxy) is 1. The average molecular weight is 229 g/mol. The second-order valence-corrected chi connectivity index (χ2v) is 3.73. The minimum absolute atomic E-state index is 0.0686. The van der Waals surface area contributed by atoms with Gasteiger partial charge in [-0.1, -0.05) is 0 Å². The van der Waals surface area contributed by atoms with E-state index in [-0.39, 0.29) is 18.3 Å². The maximum atomic E-state index is 10.9. The fraction of sp³-hybridized carbons (Fsp3) is 0.667. The number of nitrogens with zero attached hydrogens (tertiary/aromatic N) is 1. The molecule has 0 spiro atoms. The normalized spacial score (nSPS) is 24.9. The monoisotopic (exact) mass is 229 g/mol. The van der Waals surface area contributed by atoms with E-state index < -0.39 is 18.2 Å². The Balaban J connectivity index is 2.72. The zero-order chi connectivity index (χ0) is 12.3. The summed E-state index contributed by atoms with van der Waals surface area (Å²) < 4.78 is 4.98. The van der Waals surface area contributed by atoms with Crippen LogP contribution < -0.4 is 5.73 Å². The molecule has 2 unspecified atom stereocenters. The number of amidine groups is 1. The van der Waals surface area contributed by atoms with Crippen molar-refractivity contribution < 1.29 is 19.4 Å². The van der Waals surface area contributed by atoms with Crippen molar-refractivity contribution >= 4 is 17.9 Å². The Bertz CT molecular complexity index is 318. The molecule has 0 aromatic heterocycles. The van der Waals surface area contributed by atoms with Crippen molar-refractivity contribution in [3.05, 3.63) is 0 Å². The number of hydrogen-bond donors (Lipinski definition) is 3. The van der Waals surface area contributed by atoms with E-state index in [1.165, 1.54) is 6.92 Å². The number of amides is 1. The summed E-state index contributed by atoms with van der Waals surface area (Å²) in [7, 11) is 0. The number of nitrogens with one attached hydrogen (secondary N) is 1. The molecule has 16 heavy (non-hydrogen) atoms. The number of rotatable bonds is 2. The van der Waals surface area contributed by atoms with E-state index in [0.717, 1.165) is 4.90 Å². The molecule has 1 fully saturated rings. The lowest BCUT2D eigenvalue weighted by Gasteiger charge is -2.35. The van der Waals surface area contributed by atoms with Crippen LogP contribution in [0, 0.1) is 11.3 Å². The van der Waals surface area contributed by atoms with E-state index in [4.69, 9.17) is 21.0 Å². The highest BCUT2D eigenvalue weighted by Crippen LogP contribution is 2.20. The van der Waals surface area contributed by atoms with Gasteiger partial charge in [0.05, 0.1) is 18.3 Å². The molecule has 90 valence electrons. The Morgan fingerprint density at radius 1 is 1.56 bits per heavy atom. The molecule has 0 saturated carbocycles. The highest BCUT2D eigenvalue weighted by molar-refractivity contribution is 5.81. The quantitative estimate of drug-likeness (QED) is 0.346. The third-order valence-corrected chi connectivity index (χ3v) is 2.55. The molecule has 7 heteroatoms. The van der Waals surface area contributed by atoms with E-state index in [9.17, 15) is 9.59 Å². The van der Waals surface area contributed by atoms with Crippen LogP contribution in [0.4, 0.5) is 4.79 Å². The standard InChI is InChI=1S/C9H15N3O4/c1-5(13)16-7-4-12(9(14)15)3-2-6(7)8(10)11/h6-7H,2-4H2,1H3,(H3,10,11)(H,14,15). The molecule has 1 saturated heterocycles. The Hall–Kier alpha value is -1.79. The molecule has 0 aromatic rings. The summed E-state index contributed by atoms with van der Waals surface area (Å²) >= 11 is 0. The molecule has 1 aliphatic heterocycles. The largest absolute Gasteiger partial charge is 0.465 e. The van der Waals surface area contributed by atoms with Crippen LogP contribution in [0.3, 0.4) is 0 Å². The van der Waals surface area contributed by atoms with Crippen LogP contribution in [0.5, 0.6) is 0 Å². The van der Waals surface area contributed by atoms with Gasteiger partial charge < -0.3 is 20.5 Å². The number of piperidine rings is 1. The topological polar surface area (TPSA) is 117 Å². The van der Waals surface area contributed by atoms with Crippen molar-refractivity contribution in [2.45, 2.75) is 19.4 Å². The highest BCUT2D eigenvalue weighted by Gasteiger charge is 2.35. The van der Waals surface area contributed by atoms with Gasteiger partial charge in [-0.15, -0.1) is 0 Å². The van der Waals surface area contributed by atoms with Crippen molar-refractivity contribution in [1.29, 1.82) is 5.41 Å². The van der Waals surface area contributed by atoms with Crippen molar-refractivity contribution in [1.82, 2.24) is 4.90 Å².